The van der Waals surface area contributed by atoms with Crippen LogP contribution in [-0.2, 0) is 16.3 Å². The summed E-state index contributed by atoms with van der Waals surface area (Å²) < 4.78 is 31.7. The third-order valence-electron chi connectivity index (χ3n) is 6.43. The number of nitrogens with zero attached hydrogens (tertiary/aromatic N) is 6. The molecule has 3 aromatic heterocycles. The molecule has 0 unspecified atom stereocenters. The van der Waals surface area contributed by atoms with Crippen molar-refractivity contribution in [1.82, 2.24) is 24.5 Å². The van der Waals surface area contributed by atoms with Crippen LogP contribution in [-0.4, -0.2) is 58.9 Å². The van der Waals surface area contributed by atoms with Crippen LogP contribution < -0.4 is 9.64 Å². The maximum Gasteiger partial charge on any atom is 0.225 e. The predicted molar refractivity (Wildman–Crippen MR) is 134 cm³/mol. The summed E-state index contributed by atoms with van der Waals surface area (Å²) in [5, 5.41) is 0.828. The first-order chi connectivity index (χ1) is 16.9. The average molecular weight is 493 g/mol. The number of sulfone groups is 1. The molecule has 0 aliphatic carbocycles. The third-order valence-corrected chi connectivity index (χ3v) is 7.54. The summed E-state index contributed by atoms with van der Waals surface area (Å²) in [6.07, 6.45) is 11.3. The highest BCUT2D eigenvalue weighted by Crippen LogP contribution is 2.25. The number of piperidine rings is 1. The molecule has 9 nitrogen and oxygen atoms in total. The highest BCUT2D eigenvalue weighted by atomic mass is 32.2. The van der Waals surface area contributed by atoms with E-state index in [0.29, 0.717) is 29.1 Å². The number of benzene rings is 1. The van der Waals surface area contributed by atoms with Gasteiger partial charge in [0, 0.05) is 49.4 Å². The summed E-state index contributed by atoms with van der Waals surface area (Å²) >= 11 is 0. The second-order valence-electron chi connectivity index (χ2n) is 8.88. The zero-order valence-corrected chi connectivity index (χ0v) is 20.6. The number of rotatable bonds is 7. The number of aromatic nitrogens is 5. The van der Waals surface area contributed by atoms with Gasteiger partial charge in [0.2, 0.25) is 11.8 Å². The number of hydrogen-bond donors (Lipinski definition) is 0. The van der Waals surface area contributed by atoms with Crippen molar-refractivity contribution < 1.29 is 13.2 Å². The van der Waals surface area contributed by atoms with E-state index in [1.807, 2.05) is 35.3 Å². The van der Waals surface area contributed by atoms with Crippen molar-refractivity contribution in [3.8, 4) is 11.7 Å². The first-order valence-corrected chi connectivity index (χ1v) is 13.6. The normalized spacial score (nSPS) is 15.0. The third kappa shape index (κ3) is 5.12. The molecule has 182 valence electrons. The highest BCUT2D eigenvalue weighted by molar-refractivity contribution is 7.90. The van der Waals surface area contributed by atoms with E-state index >= 15 is 0 Å². The topological polar surface area (TPSA) is 103 Å². The van der Waals surface area contributed by atoms with Crippen molar-refractivity contribution in [1.29, 1.82) is 0 Å². The molecule has 4 aromatic rings. The molecule has 1 fully saturated rings. The molecule has 5 rings (SSSR count). The van der Waals surface area contributed by atoms with Crippen LogP contribution in [0.2, 0.25) is 0 Å². The minimum Gasteiger partial charge on any atom is -0.477 e. The van der Waals surface area contributed by atoms with Crippen LogP contribution in [0.25, 0.3) is 16.7 Å². The van der Waals surface area contributed by atoms with Crippen molar-refractivity contribution in [2.24, 2.45) is 5.92 Å². The highest BCUT2D eigenvalue weighted by Gasteiger charge is 2.22. The zero-order valence-electron chi connectivity index (χ0n) is 19.8. The summed E-state index contributed by atoms with van der Waals surface area (Å²) in [5.74, 6) is 2.41. The van der Waals surface area contributed by atoms with E-state index in [1.54, 1.807) is 18.2 Å². The fourth-order valence-corrected chi connectivity index (χ4v) is 4.94. The second kappa shape index (κ2) is 9.61. The molecule has 1 aromatic carbocycles. The maximum absolute atomic E-state index is 11.9. The minimum absolute atomic E-state index is 0.296. The van der Waals surface area contributed by atoms with E-state index in [4.69, 9.17) is 4.74 Å². The van der Waals surface area contributed by atoms with E-state index in [1.165, 1.54) is 12.6 Å². The van der Waals surface area contributed by atoms with Crippen LogP contribution >= 0.6 is 0 Å². The Morgan fingerprint density at radius 3 is 2.51 bits per heavy atom. The van der Waals surface area contributed by atoms with Crippen molar-refractivity contribution in [2.45, 2.75) is 31.1 Å². The number of hydrogen-bond acceptors (Lipinski definition) is 8. The Hall–Kier alpha value is -3.53. The van der Waals surface area contributed by atoms with Crippen LogP contribution in [0.1, 0.15) is 25.3 Å². The quantitative estimate of drug-likeness (QED) is 0.386. The van der Waals surface area contributed by atoms with Crippen LogP contribution in [0.5, 0.6) is 5.88 Å². The summed E-state index contributed by atoms with van der Waals surface area (Å²) in [6.45, 7) is 4.49. The molecule has 1 aliphatic rings. The fraction of sp³-hybridized carbons (Fsp3) is 0.360. The monoisotopic (exact) mass is 492 g/mol. The molecule has 10 heteroatoms. The van der Waals surface area contributed by atoms with E-state index in [0.717, 1.165) is 54.8 Å². The van der Waals surface area contributed by atoms with E-state index in [9.17, 15) is 8.42 Å². The predicted octanol–water partition coefficient (Wildman–Crippen LogP) is 3.47. The lowest BCUT2D eigenvalue weighted by Crippen LogP contribution is -2.36. The van der Waals surface area contributed by atoms with Gasteiger partial charge in [0.05, 0.1) is 17.0 Å². The van der Waals surface area contributed by atoms with Crippen molar-refractivity contribution in [3.05, 3.63) is 60.8 Å². The average Bonchev–Trinajstić information content (AvgIpc) is 3.31. The Balaban J connectivity index is 1.22. The van der Waals surface area contributed by atoms with Gasteiger partial charge in [-0.25, -0.2) is 28.4 Å². The summed E-state index contributed by atoms with van der Waals surface area (Å²) in [4.78, 5) is 20.2. The molecule has 1 saturated heterocycles. The number of anilines is 1. The Morgan fingerprint density at radius 2 is 1.80 bits per heavy atom. The van der Waals surface area contributed by atoms with E-state index in [-0.39, 0.29) is 0 Å². The van der Waals surface area contributed by atoms with Crippen molar-refractivity contribution >= 4 is 26.7 Å². The van der Waals surface area contributed by atoms with Crippen LogP contribution in [0, 0.1) is 5.92 Å². The van der Waals surface area contributed by atoms with Gasteiger partial charge in [-0.1, -0.05) is 6.92 Å². The summed E-state index contributed by atoms with van der Waals surface area (Å²) in [7, 11) is -3.26. The van der Waals surface area contributed by atoms with Crippen molar-refractivity contribution in [2.75, 3.05) is 30.9 Å². The Morgan fingerprint density at radius 1 is 1.03 bits per heavy atom. The first kappa shape index (κ1) is 23.2. The molecule has 35 heavy (non-hydrogen) atoms. The standard InChI is InChI=1S/C25H28N6O3S/c1-3-18-14-26-25(27-15-18)30-9-6-19(7-10-30)16-34-24-13-23(28-17-29-24)31-11-8-20-12-21(35(2,32)33)4-5-22(20)31/h4-5,8,11-15,17,19H,3,6-7,9-10,16H2,1-2H3. The Bertz CT molecular complexity index is 1430. The first-order valence-electron chi connectivity index (χ1n) is 11.7. The van der Waals surface area contributed by atoms with Crippen molar-refractivity contribution in [3.63, 3.8) is 0 Å². The van der Waals surface area contributed by atoms with Gasteiger partial charge in [0.25, 0.3) is 0 Å². The molecule has 0 amide bonds. The van der Waals surface area contributed by atoms with E-state index in [2.05, 4.69) is 31.8 Å². The van der Waals surface area contributed by atoms with Gasteiger partial charge in [-0.15, -0.1) is 0 Å². The van der Waals surface area contributed by atoms with Gasteiger partial charge < -0.3 is 14.2 Å². The summed E-state index contributed by atoms with van der Waals surface area (Å²) in [6, 6.07) is 8.77. The second-order valence-corrected chi connectivity index (χ2v) is 10.9. The molecule has 0 atom stereocenters. The van der Waals surface area contributed by atoms with Gasteiger partial charge >= 0.3 is 0 Å². The number of fused-ring (bicyclic) bond motifs is 1. The lowest BCUT2D eigenvalue weighted by molar-refractivity contribution is 0.215. The number of ether oxygens (including phenoxy) is 1. The summed E-state index contributed by atoms with van der Waals surface area (Å²) in [5.41, 5.74) is 2.01. The molecular weight excluding hydrogens is 464 g/mol. The fourth-order valence-electron chi connectivity index (χ4n) is 4.29. The molecule has 4 heterocycles. The largest absolute Gasteiger partial charge is 0.477 e. The Kier molecular flexibility index (Phi) is 6.38. The van der Waals surface area contributed by atoms with Gasteiger partial charge in [0.15, 0.2) is 9.84 Å². The Labute approximate surface area is 204 Å². The molecule has 1 aliphatic heterocycles. The lowest BCUT2D eigenvalue weighted by Gasteiger charge is -2.31. The molecule has 0 radical (unpaired) electrons. The van der Waals surface area contributed by atoms with Crippen LogP contribution in [0.3, 0.4) is 0 Å². The molecule has 0 bridgehead atoms. The lowest BCUT2D eigenvalue weighted by atomic mass is 9.98. The van der Waals surface area contributed by atoms with Gasteiger partial charge in [-0.2, -0.15) is 0 Å². The zero-order chi connectivity index (χ0) is 24.4. The van der Waals surface area contributed by atoms with Gasteiger partial charge in [-0.3, -0.25) is 0 Å². The van der Waals surface area contributed by atoms with Gasteiger partial charge in [0.1, 0.15) is 12.1 Å². The molecular formula is C25H28N6O3S. The SMILES string of the molecule is CCc1cnc(N2CCC(COc3cc(-n4ccc5cc(S(C)(=O)=O)ccc54)ncn3)CC2)nc1. The molecule has 0 saturated carbocycles. The van der Waals surface area contributed by atoms with Crippen LogP contribution in [0.15, 0.2) is 60.1 Å². The maximum atomic E-state index is 11.9. The minimum atomic E-state index is -3.26. The smallest absolute Gasteiger partial charge is 0.225 e. The van der Waals surface area contributed by atoms with Crippen LogP contribution in [0.4, 0.5) is 5.95 Å². The molecule has 0 spiro atoms. The van der Waals surface area contributed by atoms with Gasteiger partial charge in [-0.05, 0) is 55.0 Å². The number of aryl methyl sites for hydroxylation is 1. The van der Waals surface area contributed by atoms with E-state index < -0.39 is 9.84 Å². The molecule has 0 N–H and O–H groups in total.